The van der Waals surface area contributed by atoms with Crippen molar-refractivity contribution in [2.45, 2.75) is 73.1 Å². The molecule has 7 nitrogen and oxygen atoms in total. The van der Waals surface area contributed by atoms with E-state index in [0.29, 0.717) is 18.7 Å². The molecule has 2 aromatic rings. The standard InChI is InChI=1S/C29H43N3O4S/c1-7-8-9-12-16-32-17-15-22-20(2)26(31-37(6,35)36)21(3)24(27(22)32)18-29(4,5)19-30-28(34)23-13-10-11-14-25(23)33/h10-11,13-14,31,33H,7-9,12,15-19H2,1-6H3,(H,30,34). The number of phenolic OH excluding ortho intramolecular Hbond substituents is 1. The molecule has 1 aliphatic rings. The number of rotatable bonds is 12. The summed E-state index contributed by atoms with van der Waals surface area (Å²) < 4.78 is 27.2. The highest BCUT2D eigenvalue weighted by molar-refractivity contribution is 7.92. The molecule has 3 N–H and O–H groups in total. The summed E-state index contributed by atoms with van der Waals surface area (Å²) in [7, 11) is -3.43. The molecular weight excluding hydrogens is 486 g/mol. The Bertz CT molecular complexity index is 1240. The van der Waals surface area contributed by atoms with E-state index in [4.69, 9.17) is 0 Å². The van der Waals surface area contributed by atoms with E-state index in [-0.39, 0.29) is 22.6 Å². The molecule has 0 unspecified atom stereocenters. The van der Waals surface area contributed by atoms with E-state index in [1.54, 1.807) is 18.2 Å². The fourth-order valence-electron chi connectivity index (χ4n) is 5.30. The van der Waals surface area contributed by atoms with Gasteiger partial charge in [-0.15, -0.1) is 0 Å². The van der Waals surface area contributed by atoms with Crippen molar-refractivity contribution in [3.63, 3.8) is 0 Å². The van der Waals surface area contributed by atoms with E-state index in [1.807, 2.05) is 13.8 Å². The second-order valence-electron chi connectivity index (χ2n) is 11.1. The largest absolute Gasteiger partial charge is 0.507 e. The molecule has 0 bridgehead atoms. The number of carbonyl (C=O) groups excluding carboxylic acids is 1. The summed E-state index contributed by atoms with van der Waals surface area (Å²) in [6.45, 7) is 12.8. The van der Waals surface area contributed by atoms with Gasteiger partial charge in [0.2, 0.25) is 10.0 Å². The first-order valence-electron chi connectivity index (χ1n) is 13.3. The number of hydrogen-bond donors (Lipinski definition) is 3. The summed E-state index contributed by atoms with van der Waals surface area (Å²) >= 11 is 0. The number of nitrogens with zero attached hydrogens (tertiary/aromatic N) is 1. The lowest BCUT2D eigenvalue weighted by molar-refractivity contribution is 0.0933. The van der Waals surface area contributed by atoms with Crippen molar-refractivity contribution in [1.82, 2.24) is 5.32 Å². The average Bonchev–Trinajstić information content (AvgIpc) is 3.24. The molecule has 0 saturated heterocycles. The van der Waals surface area contributed by atoms with Crippen LogP contribution in [0.3, 0.4) is 0 Å². The smallest absolute Gasteiger partial charge is 0.255 e. The third kappa shape index (κ3) is 7.18. The Morgan fingerprint density at radius 1 is 1.11 bits per heavy atom. The number of para-hydroxylation sites is 1. The fraction of sp³-hybridized carbons (Fsp3) is 0.552. The van der Waals surface area contributed by atoms with E-state index >= 15 is 0 Å². The molecule has 0 aromatic heterocycles. The lowest BCUT2D eigenvalue weighted by Gasteiger charge is -2.31. The van der Waals surface area contributed by atoms with Crippen LogP contribution in [0.15, 0.2) is 24.3 Å². The molecule has 0 spiro atoms. The van der Waals surface area contributed by atoms with Gasteiger partial charge in [0, 0.05) is 25.3 Å². The first kappa shape index (κ1) is 28.8. The second-order valence-corrected chi connectivity index (χ2v) is 12.9. The lowest BCUT2D eigenvalue weighted by Crippen LogP contribution is -2.36. The van der Waals surface area contributed by atoms with Crippen LogP contribution in [0.25, 0.3) is 0 Å². The topological polar surface area (TPSA) is 98.7 Å². The Balaban J connectivity index is 1.93. The van der Waals surface area contributed by atoms with Crippen molar-refractivity contribution in [1.29, 1.82) is 0 Å². The number of fused-ring (bicyclic) bond motifs is 1. The predicted molar refractivity (Wildman–Crippen MR) is 152 cm³/mol. The maximum Gasteiger partial charge on any atom is 0.255 e. The normalized spacial score (nSPS) is 13.5. The van der Waals surface area contributed by atoms with Crippen LogP contribution >= 0.6 is 0 Å². The monoisotopic (exact) mass is 529 g/mol. The minimum Gasteiger partial charge on any atom is -0.507 e. The number of carbonyl (C=O) groups is 1. The Morgan fingerprint density at radius 2 is 1.81 bits per heavy atom. The number of anilines is 2. The van der Waals surface area contributed by atoms with Gasteiger partial charge in [-0.05, 0) is 72.9 Å². The molecule has 0 atom stereocenters. The molecule has 204 valence electrons. The Labute approximate surface area is 222 Å². The molecule has 0 aliphatic carbocycles. The van der Waals surface area contributed by atoms with Crippen LogP contribution in [0.5, 0.6) is 5.75 Å². The minimum absolute atomic E-state index is 0.0415. The number of phenols is 1. The Morgan fingerprint density at radius 3 is 2.46 bits per heavy atom. The molecule has 1 amide bonds. The number of aromatic hydroxyl groups is 1. The summed E-state index contributed by atoms with van der Waals surface area (Å²) in [6.07, 6.45) is 7.52. The van der Waals surface area contributed by atoms with Gasteiger partial charge in [-0.2, -0.15) is 0 Å². The predicted octanol–water partition coefficient (Wildman–Crippen LogP) is 5.32. The number of benzene rings is 2. The maximum absolute atomic E-state index is 12.7. The molecule has 3 rings (SSSR count). The molecule has 2 aromatic carbocycles. The van der Waals surface area contributed by atoms with Gasteiger partial charge in [-0.1, -0.05) is 52.2 Å². The third-order valence-corrected chi connectivity index (χ3v) is 7.85. The first-order valence-corrected chi connectivity index (χ1v) is 15.2. The van der Waals surface area contributed by atoms with E-state index < -0.39 is 10.0 Å². The van der Waals surface area contributed by atoms with Gasteiger partial charge < -0.3 is 15.3 Å². The van der Waals surface area contributed by atoms with Crippen LogP contribution < -0.4 is 14.9 Å². The van der Waals surface area contributed by atoms with Gasteiger partial charge in [-0.25, -0.2) is 8.42 Å². The summed E-state index contributed by atoms with van der Waals surface area (Å²) in [6, 6.07) is 6.52. The maximum atomic E-state index is 12.7. The van der Waals surface area contributed by atoms with E-state index in [1.165, 1.54) is 42.8 Å². The SMILES string of the molecule is CCCCCCN1CCc2c(C)c(NS(C)(=O)=O)c(C)c(CC(C)(C)CNC(=O)c3ccccc3O)c21. The number of unbranched alkanes of at least 4 members (excludes halogenated alkanes) is 3. The molecule has 1 heterocycles. The lowest BCUT2D eigenvalue weighted by atomic mass is 9.81. The van der Waals surface area contributed by atoms with Gasteiger partial charge in [0.1, 0.15) is 5.75 Å². The number of amides is 1. The Hall–Kier alpha value is -2.74. The molecule has 37 heavy (non-hydrogen) atoms. The van der Waals surface area contributed by atoms with Gasteiger partial charge in [-0.3, -0.25) is 9.52 Å². The zero-order valence-electron chi connectivity index (χ0n) is 23.2. The highest BCUT2D eigenvalue weighted by atomic mass is 32.2. The average molecular weight is 530 g/mol. The number of nitrogens with one attached hydrogen (secondary N) is 2. The summed E-state index contributed by atoms with van der Waals surface area (Å²) in [4.78, 5) is 15.2. The fourth-order valence-corrected chi connectivity index (χ4v) is 5.97. The van der Waals surface area contributed by atoms with Crippen LogP contribution in [-0.4, -0.2) is 45.3 Å². The van der Waals surface area contributed by atoms with E-state index in [2.05, 4.69) is 35.7 Å². The summed E-state index contributed by atoms with van der Waals surface area (Å²) in [5.74, 6) is -0.353. The van der Waals surface area contributed by atoms with Crippen LogP contribution in [0.4, 0.5) is 11.4 Å². The van der Waals surface area contributed by atoms with Crippen molar-refractivity contribution >= 4 is 27.3 Å². The number of sulfonamides is 1. The van der Waals surface area contributed by atoms with Crippen molar-refractivity contribution in [2.75, 3.05) is 35.5 Å². The van der Waals surface area contributed by atoms with Gasteiger partial charge in [0.05, 0.1) is 17.5 Å². The van der Waals surface area contributed by atoms with E-state index in [9.17, 15) is 18.3 Å². The van der Waals surface area contributed by atoms with Gasteiger partial charge in [0.25, 0.3) is 5.91 Å². The second kappa shape index (κ2) is 11.8. The van der Waals surface area contributed by atoms with Crippen LogP contribution in [0.1, 0.15) is 79.1 Å². The molecular formula is C29H43N3O4S. The summed E-state index contributed by atoms with van der Waals surface area (Å²) in [5.41, 5.74) is 6.17. The summed E-state index contributed by atoms with van der Waals surface area (Å²) in [5, 5.41) is 13.0. The van der Waals surface area contributed by atoms with Crippen molar-refractivity contribution in [3.8, 4) is 5.75 Å². The minimum atomic E-state index is -3.43. The van der Waals surface area contributed by atoms with Crippen molar-refractivity contribution in [3.05, 3.63) is 52.1 Å². The van der Waals surface area contributed by atoms with Crippen LogP contribution in [-0.2, 0) is 22.9 Å². The highest BCUT2D eigenvalue weighted by Crippen LogP contribution is 2.44. The third-order valence-electron chi connectivity index (χ3n) is 7.28. The molecule has 0 saturated carbocycles. The molecule has 0 radical (unpaired) electrons. The molecule has 0 fully saturated rings. The zero-order valence-corrected chi connectivity index (χ0v) is 24.0. The molecule has 8 heteroatoms. The number of hydrogen-bond acceptors (Lipinski definition) is 5. The molecule has 1 aliphatic heterocycles. The zero-order chi connectivity index (χ0) is 27.4. The van der Waals surface area contributed by atoms with Gasteiger partial charge >= 0.3 is 0 Å². The van der Waals surface area contributed by atoms with E-state index in [0.717, 1.165) is 42.6 Å². The van der Waals surface area contributed by atoms with Crippen molar-refractivity contribution in [2.24, 2.45) is 5.41 Å². The van der Waals surface area contributed by atoms with Crippen LogP contribution in [0.2, 0.25) is 0 Å². The van der Waals surface area contributed by atoms with Crippen LogP contribution in [0, 0.1) is 19.3 Å². The first-order chi connectivity index (χ1) is 17.3. The highest BCUT2D eigenvalue weighted by Gasteiger charge is 2.32. The quantitative estimate of drug-likeness (QED) is 0.323. The van der Waals surface area contributed by atoms with Gasteiger partial charge in [0.15, 0.2) is 0 Å². The Kier molecular flexibility index (Phi) is 9.16. The van der Waals surface area contributed by atoms with Crippen molar-refractivity contribution < 1.29 is 18.3 Å².